The van der Waals surface area contributed by atoms with Crippen molar-refractivity contribution in [1.29, 1.82) is 0 Å². The average Bonchev–Trinajstić information content (AvgIpc) is 2.77. The highest BCUT2D eigenvalue weighted by Crippen LogP contribution is 2.15. The molecule has 96 valence electrons. The normalized spacial score (nSPS) is 22.2. The van der Waals surface area contributed by atoms with Gasteiger partial charge in [0.1, 0.15) is 0 Å². The molecule has 1 aromatic rings. The van der Waals surface area contributed by atoms with Crippen molar-refractivity contribution in [1.82, 2.24) is 19.9 Å². The van der Waals surface area contributed by atoms with Gasteiger partial charge in [0, 0.05) is 12.6 Å². The van der Waals surface area contributed by atoms with Crippen LogP contribution in [0.25, 0.3) is 0 Å². The van der Waals surface area contributed by atoms with Gasteiger partial charge < -0.3 is 15.2 Å². The Kier molecular flexibility index (Phi) is 4.09. The molecule has 2 rings (SSSR count). The van der Waals surface area contributed by atoms with Crippen molar-refractivity contribution in [3.63, 3.8) is 0 Å². The standard InChI is InChI=1S/C11H21N5O/c1-15(2)9-4-3-5-16(7-9)8-10-13-11(6-12)17-14-10/h9H,3-8,12H2,1-2H3. The molecule has 1 saturated heterocycles. The largest absolute Gasteiger partial charge is 0.338 e. The van der Waals surface area contributed by atoms with Gasteiger partial charge in [0.05, 0.1) is 13.1 Å². The van der Waals surface area contributed by atoms with Crippen LogP contribution in [0.5, 0.6) is 0 Å². The summed E-state index contributed by atoms with van der Waals surface area (Å²) >= 11 is 0. The first-order valence-electron chi connectivity index (χ1n) is 6.09. The van der Waals surface area contributed by atoms with Crippen molar-refractivity contribution in [3.05, 3.63) is 11.7 Å². The highest BCUT2D eigenvalue weighted by molar-refractivity contribution is 4.88. The van der Waals surface area contributed by atoms with Crippen molar-refractivity contribution in [2.45, 2.75) is 32.0 Å². The molecule has 1 aliphatic heterocycles. The molecule has 6 nitrogen and oxygen atoms in total. The Morgan fingerprint density at radius 1 is 1.53 bits per heavy atom. The number of nitrogens with zero attached hydrogens (tertiary/aromatic N) is 4. The van der Waals surface area contributed by atoms with Gasteiger partial charge in [-0.15, -0.1) is 0 Å². The molecule has 1 aliphatic rings. The zero-order chi connectivity index (χ0) is 12.3. The molecule has 0 saturated carbocycles. The van der Waals surface area contributed by atoms with Crippen LogP contribution in [0.4, 0.5) is 0 Å². The fourth-order valence-corrected chi connectivity index (χ4v) is 2.23. The summed E-state index contributed by atoms with van der Waals surface area (Å²) in [6.45, 7) is 3.25. The van der Waals surface area contributed by atoms with Crippen molar-refractivity contribution in [3.8, 4) is 0 Å². The fourth-order valence-electron chi connectivity index (χ4n) is 2.23. The third kappa shape index (κ3) is 3.24. The number of rotatable bonds is 4. The second-order valence-corrected chi connectivity index (χ2v) is 4.80. The van der Waals surface area contributed by atoms with Crippen LogP contribution in [-0.2, 0) is 13.1 Å². The number of hydrogen-bond acceptors (Lipinski definition) is 6. The van der Waals surface area contributed by atoms with E-state index < -0.39 is 0 Å². The van der Waals surface area contributed by atoms with E-state index >= 15 is 0 Å². The monoisotopic (exact) mass is 239 g/mol. The minimum atomic E-state index is 0.313. The van der Waals surface area contributed by atoms with Crippen LogP contribution in [0.2, 0.25) is 0 Å². The molecular formula is C11H21N5O. The number of likely N-dealkylation sites (tertiary alicyclic amines) is 1. The summed E-state index contributed by atoms with van der Waals surface area (Å²) in [5.74, 6) is 1.26. The number of piperidine rings is 1. The smallest absolute Gasteiger partial charge is 0.240 e. The lowest BCUT2D eigenvalue weighted by atomic mass is 10.1. The molecule has 6 heteroatoms. The van der Waals surface area contributed by atoms with E-state index in [0.717, 1.165) is 25.5 Å². The maximum atomic E-state index is 5.44. The Hall–Kier alpha value is -0.980. The first kappa shape index (κ1) is 12.5. The van der Waals surface area contributed by atoms with Gasteiger partial charge in [0.15, 0.2) is 5.82 Å². The van der Waals surface area contributed by atoms with Crippen LogP contribution >= 0.6 is 0 Å². The Labute approximate surface area is 102 Å². The van der Waals surface area contributed by atoms with E-state index in [1.165, 1.54) is 12.8 Å². The van der Waals surface area contributed by atoms with Crippen LogP contribution in [0, 0.1) is 0 Å². The lowest BCUT2D eigenvalue weighted by molar-refractivity contribution is 0.125. The SMILES string of the molecule is CN(C)C1CCCN(Cc2noc(CN)n2)C1. The highest BCUT2D eigenvalue weighted by atomic mass is 16.5. The first-order chi connectivity index (χ1) is 8.19. The van der Waals surface area contributed by atoms with E-state index in [9.17, 15) is 0 Å². The van der Waals surface area contributed by atoms with Crippen molar-refractivity contribution < 1.29 is 4.52 Å². The summed E-state index contributed by atoms with van der Waals surface area (Å²) in [5.41, 5.74) is 5.44. The van der Waals surface area contributed by atoms with Gasteiger partial charge in [-0.25, -0.2) is 0 Å². The summed E-state index contributed by atoms with van der Waals surface area (Å²) < 4.78 is 5.01. The molecule has 2 heterocycles. The number of nitrogens with two attached hydrogens (primary N) is 1. The van der Waals surface area contributed by atoms with Crippen molar-refractivity contribution in [2.24, 2.45) is 5.73 Å². The molecule has 0 aromatic carbocycles. The van der Waals surface area contributed by atoms with Crippen LogP contribution in [0.1, 0.15) is 24.6 Å². The Bertz CT molecular complexity index is 351. The van der Waals surface area contributed by atoms with Gasteiger partial charge in [-0.05, 0) is 33.5 Å². The summed E-state index contributed by atoms with van der Waals surface area (Å²) in [6, 6.07) is 0.629. The van der Waals surface area contributed by atoms with Crippen LogP contribution in [0.15, 0.2) is 4.52 Å². The first-order valence-corrected chi connectivity index (χ1v) is 6.09. The zero-order valence-corrected chi connectivity index (χ0v) is 10.6. The van der Waals surface area contributed by atoms with E-state index in [2.05, 4.69) is 34.0 Å². The van der Waals surface area contributed by atoms with Gasteiger partial charge >= 0.3 is 0 Å². The molecule has 2 N–H and O–H groups in total. The Balaban J connectivity index is 1.90. The molecular weight excluding hydrogens is 218 g/mol. The van der Waals surface area contributed by atoms with Gasteiger partial charge in [-0.3, -0.25) is 4.90 Å². The van der Waals surface area contributed by atoms with E-state index in [1.807, 2.05) is 0 Å². The van der Waals surface area contributed by atoms with E-state index in [4.69, 9.17) is 10.3 Å². The minimum Gasteiger partial charge on any atom is -0.338 e. The second-order valence-electron chi connectivity index (χ2n) is 4.80. The summed E-state index contributed by atoms with van der Waals surface area (Å²) in [4.78, 5) is 8.89. The van der Waals surface area contributed by atoms with E-state index in [-0.39, 0.29) is 0 Å². The lowest BCUT2D eigenvalue weighted by Crippen LogP contribution is -2.44. The van der Waals surface area contributed by atoms with Gasteiger partial charge in [-0.2, -0.15) is 4.98 Å². The van der Waals surface area contributed by atoms with Crippen LogP contribution < -0.4 is 5.73 Å². The topological polar surface area (TPSA) is 71.4 Å². The number of likely N-dealkylation sites (N-methyl/N-ethyl adjacent to an activating group) is 1. The minimum absolute atomic E-state index is 0.313. The lowest BCUT2D eigenvalue weighted by Gasteiger charge is -2.35. The molecule has 0 spiro atoms. The van der Waals surface area contributed by atoms with Crippen LogP contribution in [-0.4, -0.2) is 53.2 Å². The Morgan fingerprint density at radius 2 is 2.35 bits per heavy atom. The van der Waals surface area contributed by atoms with E-state index in [0.29, 0.717) is 18.5 Å². The van der Waals surface area contributed by atoms with Gasteiger partial charge in [0.25, 0.3) is 0 Å². The zero-order valence-electron chi connectivity index (χ0n) is 10.6. The summed E-state index contributed by atoms with van der Waals surface area (Å²) in [5, 5.41) is 3.93. The van der Waals surface area contributed by atoms with Gasteiger partial charge in [0.2, 0.25) is 5.89 Å². The number of hydrogen-bond donors (Lipinski definition) is 1. The highest BCUT2D eigenvalue weighted by Gasteiger charge is 2.22. The molecule has 0 amide bonds. The molecule has 1 atom stereocenters. The maximum absolute atomic E-state index is 5.44. The number of aromatic nitrogens is 2. The second kappa shape index (κ2) is 5.57. The predicted molar refractivity (Wildman–Crippen MR) is 64.2 cm³/mol. The molecule has 0 radical (unpaired) electrons. The van der Waals surface area contributed by atoms with Crippen molar-refractivity contribution >= 4 is 0 Å². The maximum Gasteiger partial charge on any atom is 0.240 e. The predicted octanol–water partition coefficient (Wildman–Crippen LogP) is 0.0543. The summed E-state index contributed by atoms with van der Waals surface area (Å²) in [7, 11) is 4.27. The fraction of sp³-hybridized carbons (Fsp3) is 0.818. The molecule has 17 heavy (non-hydrogen) atoms. The molecule has 1 fully saturated rings. The third-order valence-corrected chi connectivity index (χ3v) is 3.26. The third-order valence-electron chi connectivity index (χ3n) is 3.26. The summed E-state index contributed by atoms with van der Waals surface area (Å²) in [6.07, 6.45) is 2.49. The molecule has 0 bridgehead atoms. The van der Waals surface area contributed by atoms with Gasteiger partial charge in [-0.1, -0.05) is 5.16 Å². The van der Waals surface area contributed by atoms with E-state index in [1.54, 1.807) is 0 Å². The van der Waals surface area contributed by atoms with Crippen molar-refractivity contribution in [2.75, 3.05) is 27.2 Å². The Morgan fingerprint density at radius 3 is 3.00 bits per heavy atom. The molecule has 1 unspecified atom stereocenters. The quantitative estimate of drug-likeness (QED) is 0.801. The molecule has 0 aliphatic carbocycles. The average molecular weight is 239 g/mol. The van der Waals surface area contributed by atoms with Crippen LogP contribution in [0.3, 0.4) is 0 Å². The molecule has 1 aromatic heterocycles.